The monoisotopic (exact) mass is 340 g/mol. The largest absolute Gasteiger partial charge is 0.450 e. The lowest BCUT2D eigenvalue weighted by molar-refractivity contribution is -0.0678. The fourth-order valence-electron chi connectivity index (χ4n) is 3.63. The SMILES string of the molecule is CC1CN(CCCNc2ncnc3c2oc2ccccc23)CC(C)O1. The number of morpholine rings is 1. The number of anilines is 1. The molecule has 6 nitrogen and oxygen atoms in total. The molecule has 2 atom stereocenters. The summed E-state index contributed by atoms with van der Waals surface area (Å²) in [7, 11) is 0. The number of furan rings is 1. The third-order valence-electron chi connectivity index (χ3n) is 4.60. The van der Waals surface area contributed by atoms with Crippen molar-refractivity contribution in [1.29, 1.82) is 0 Å². The molecule has 3 aromatic rings. The number of aromatic nitrogens is 2. The highest BCUT2D eigenvalue weighted by atomic mass is 16.5. The quantitative estimate of drug-likeness (QED) is 0.719. The molecule has 2 unspecified atom stereocenters. The Kier molecular flexibility index (Phi) is 4.55. The Labute approximate surface area is 147 Å². The van der Waals surface area contributed by atoms with Gasteiger partial charge in [-0.3, -0.25) is 4.90 Å². The number of benzene rings is 1. The topological polar surface area (TPSA) is 63.4 Å². The maximum Gasteiger partial charge on any atom is 0.196 e. The second-order valence-corrected chi connectivity index (χ2v) is 6.80. The number of ether oxygens (including phenoxy) is 1. The van der Waals surface area contributed by atoms with Crippen LogP contribution in [0, 0.1) is 0 Å². The lowest BCUT2D eigenvalue weighted by Gasteiger charge is -2.35. The smallest absolute Gasteiger partial charge is 0.196 e. The molecule has 1 aromatic carbocycles. The van der Waals surface area contributed by atoms with Gasteiger partial charge >= 0.3 is 0 Å². The van der Waals surface area contributed by atoms with E-state index in [2.05, 4.69) is 34.0 Å². The van der Waals surface area contributed by atoms with E-state index in [1.54, 1.807) is 6.33 Å². The van der Waals surface area contributed by atoms with E-state index in [4.69, 9.17) is 9.15 Å². The molecule has 132 valence electrons. The fourth-order valence-corrected chi connectivity index (χ4v) is 3.63. The Hall–Kier alpha value is -2.18. The predicted molar refractivity (Wildman–Crippen MR) is 98.9 cm³/mol. The van der Waals surface area contributed by atoms with E-state index in [0.717, 1.165) is 60.5 Å². The summed E-state index contributed by atoms with van der Waals surface area (Å²) < 4.78 is 11.7. The zero-order chi connectivity index (χ0) is 17.2. The fraction of sp³-hybridized carbons (Fsp3) is 0.474. The number of hydrogen-bond acceptors (Lipinski definition) is 6. The van der Waals surface area contributed by atoms with Crippen LogP contribution in [0.1, 0.15) is 20.3 Å². The molecule has 0 radical (unpaired) electrons. The standard InChI is InChI=1S/C19H24N4O2/c1-13-10-23(11-14(2)24-13)9-5-8-20-19-18-17(21-12-22-19)15-6-3-4-7-16(15)25-18/h3-4,6-7,12-14H,5,8-11H2,1-2H3,(H,20,21,22). The van der Waals surface area contributed by atoms with Crippen LogP contribution in [-0.2, 0) is 4.74 Å². The van der Waals surface area contributed by atoms with Crippen LogP contribution in [0.3, 0.4) is 0 Å². The van der Waals surface area contributed by atoms with Crippen molar-refractivity contribution in [2.75, 3.05) is 31.5 Å². The molecule has 1 aliphatic heterocycles. The molecule has 4 rings (SSSR count). The van der Waals surface area contributed by atoms with Gasteiger partial charge in [0.2, 0.25) is 0 Å². The maximum absolute atomic E-state index is 5.94. The number of fused-ring (bicyclic) bond motifs is 3. The first-order valence-corrected chi connectivity index (χ1v) is 8.94. The highest BCUT2D eigenvalue weighted by Crippen LogP contribution is 2.30. The van der Waals surface area contributed by atoms with Crippen molar-refractivity contribution in [2.24, 2.45) is 0 Å². The predicted octanol–water partition coefficient (Wildman–Crippen LogP) is 3.29. The first kappa shape index (κ1) is 16.3. The highest BCUT2D eigenvalue weighted by molar-refractivity contribution is 6.05. The summed E-state index contributed by atoms with van der Waals surface area (Å²) in [6.45, 7) is 8.19. The van der Waals surface area contributed by atoms with Gasteiger partial charge in [0.15, 0.2) is 11.4 Å². The van der Waals surface area contributed by atoms with Crippen molar-refractivity contribution in [2.45, 2.75) is 32.5 Å². The van der Waals surface area contributed by atoms with Crippen molar-refractivity contribution in [3.8, 4) is 0 Å². The summed E-state index contributed by atoms with van der Waals surface area (Å²) in [6.07, 6.45) is 3.27. The van der Waals surface area contributed by atoms with E-state index in [9.17, 15) is 0 Å². The average Bonchev–Trinajstić information content (AvgIpc) is 2.97. The molecule has 1 N–H and O–H groups in total. The number of rotatable bonds is 5. The molecule has 0 saturated carbocycles. The van der Waals surface area contributed by atoms with Crippen LogP contribution >= 0.6 is 0 Å². The lowest BCUT2D eigenvalue weighted by Crippen LogP contribution is -2.45. The maximum atomic E-state index is 5.94. The van der Waals surface area contributed by atoms with Crippen molar-refractivity contribution < 1.29 is 9.15 Å². The minimum atomic E-state index is 0.314. The minimum absolute atomic E-state index is 0.314. The van der Waals surface area contributed by atoms with E-state index in [1.807, 2.05) is 24.3 Å². The summed E-state index contributed by atoms with van der Waals surface area (Å²) in [6, 6.07) is 7.95. The van der Waals surface area contributed by atoms with Crippen LogP contribution in [0.25, 0.3) is 22.1 Å². The Bertz CT molecular complexity index is 853. The molecule has 0 bridgehead atoms. The molecule has 1 aliphatic rings. The van der Waals surface area contributed by atoms with E-state index in [1.165, 1.54) is 0 Å². The third-order valence-corrected chi connectivity index (χ3v) is 4.60. The van der Waals surface area contributed by atoms with E-state index >= 15 is 0 Å². The molecule has 6 heteroatoms. The minimum Gasteiger partial charge on any atom is -0.450 e. The number of hydrogen-bond donors (Lipinski definition) is 1. The first-order chi connectivity index (χ1) is 12.2. The van der Waals surface area contributed by atoms with Gasteiger partial charge in [0.25, 0.3) is 0 Å². The van der Waals surface area contributed by atoms with Crippen LogP contribution in [0.15, 0.2) is 35.0 Å². The van der Waals surface area contributed by atoms with Gasteiger partial charge < -0.3 is 14.5 Å². The molecule has 1 fully saturated rings. The van der Waals surface area contributed by atoms with Gasteiger partial charge in [0.05, 0.1) is 12.2 Å². The van der Waals surface area contributed by atoms with Gasteiger partial charge in [-0.1, -0.05) is 12.1 Å². The van der Waals surface area contributed by atoms with Crippen LogP contribution < -0.4 is 5.32 Å². The van der Waals surface area contributed by atoms with Crippen LogP contribution in [0.5, 0.6) is 0 Å². The van der Waals surface area contributed by atoms with E-state index in [0.29, 0.717) is 12.2 Å². The van der Waals surface area contributed by atoms with Crippen molar-refractivity contribution in [3.63, 3.8) is 0 Å². The van der Waals surface area contributed by atoms with Crippen molar-refractivity contribution in [1.82, 2.24) is 14.9 Å². The molecular formula is C19H24N4O2. The second kappa shape index (κ2) is 6.98. The molecular weight excluding hydrogens is 316 g/mol. The van der Waals surface area contributed by atoms with Gasteiger partial charge in [0.1, 0.15) is 17.4 Å². The summed E-state index contributed by atoms with van der Waals surface area (Å²) >= 11 is 0. The second-order valence-electron chi connectivity index (χ2n) is 6.80. The molecule has 1 saturated heterocycles. The molecule has 3 heterocycles. The zero-order valence-corrected chi connectivity index (χ0v) is 14.7. The normalized spacial score (nSPS) is 21.8. The van der Waals surface area contributed by atoms with Gasteiger partial charge in [-0.2, -0.15) is 0 Å². The van der Waals surface area contributed by atoms with Crippen molar-refractivity contribution in [3.05, 3.63) is 30.6 Å². The van der Waals surface area contributed by atoms with Crippen LogP contribution in [0.2, 0.25) is 0 Å². The van der Waals surface area contributed by atoms with Crippen LogP contribution in [0.4, 0.5) is 5.82 Å². The van der Waals surface area contributed by atoms with Crippen LogP contribution in [-0.4, -0.2) is 53.3 Å². The molecule has 2 aromatic heterocycles. The van der Waals surface area contributed by atoms with Gasteiger partial charge in [-0.25, -0.2) is 9.97 Å². The van der Waals surface area contributed by atoms with Gasteiger partial charge in [0, 0.05) is 31.6 Å². The summed E-state index contributed by atoms with van der Waals surface area (Å²) in [5, 5.41) is 4.43. The molecule has 0 aliphatic carbocycles. The van der Waals surface area contributed by atoms with Gasteiger partial charge in [-0.15, -0.1) is 0 Å². The molecule has 0 spiro atoms. The van der Waals surface area contributed by atoms with E-state index in [-0.39, 0.29) is 0 Å². The Morgan fingerprint density at radius 3 is 2.80 bits per heavy atom. The Morgan fingerprint density at radius 1 is 1.16 bits per heavy atom. The highest BCUT2D eigenvalue weighted by Gasteiger charge is 2.21. The van der Waals surface area contributed by atoms with E-state index < -0.39 is 0 Å². The average molecular weight is 340 g/mol. The Morgan fingerprint density at radius 2 is 1.96 bits per heavy atom. The third kappa shape index (κ3) is 3.45. The first-order valence-electron chi connectivity index (χ1n) is 8.94. The number of nitrogens with one attached hydrogen (secondary N) is 1. The number of nitrogens with zero attached hydrogens (tertiary/aromatic N) is 3. The molecule has 25 heavy (non-hydrogen) atoms. The summed E-state index contributed by atoms with van der Waals surface area (Å²) in [5.74, 6) is 0.768. The van der Waals surface area contributed by atoms with Crippen molar-refractivity contribution >= 4 is 27.9 Å². The zero-order valence-electron chi connectivity index (χ0n) is 14.7. The Balaban J connectivity index is 1.40. The summed E-state index contributed by atoms with van der Waals surface area (Å²) in [4.78, 5) is 11.2. The number of para-hydroxylation sites is 1. The lowest BCUT2D eigenvalue weighted by atomic mass is 10.2. The van der Waals surface area contributed by atoms with Gasteiger partial charge in [-0.05, 0) is 32.4 Å². The molecule has 0 amide bonds. The summed E-state index contributed by atoms with van der Waals surface area (Å²) in [5.41, 5.74) is 2.44.